The van der Waals surface area contributed by atoms with Crippen molar-refractivity contribution in [3.05, 3.63) is 59.7 Å². The van der Waals surface area contributed by atoms with Crippen LogP contribution in [0.5, 0.6) is 0 Å². The minimum atomic E-state index is -0.117. The molecule has 2 aromatic carbocycles. The molecule has 0 aliphatic carbocycles. The van der Waals surface area contributed by atoms with Gasteiger partial charge in [-0.15, -0.1) is 10.2 Å². The molecule has 3 N–H and O–H groups in total. The van der Waals surface area contributed by atoms with E-state index in [2.05, 4.69) is 15.5 Å². The normalized spacial score (nSPS) is 10.6. The Hall–Kier alpha value is -2.80. The van der Waals surface area contributed by atoms with Gasteiger partial charge in [-0.05, 0) is 32.0 Å². The number of aryl methyl sites for hydroxylation is 2. The quantitative estimate of drug-likeness (QED) is 0.544. The van der Waals surface area contributed by atoms with E-state index in [9.17, 15) is 4.79 Å². The van der Waals surface area contributed by atoms with Crippen molar-refractivity contribution < 1.29 is 4.79 Å². The summed E-state index contributed by atoms with van der Waals surface area (Å²) in [6, 6.07) is 15.5. The van der Waals surface area contributed by atoms with E-state index >= 15 is 0 Å². The Morgan fingerprint density at radius 3 is 2.60 bits per heavy atom. The molecule has 0 saturated carbocycles. The first-order chi connectivity index (χ1) is 12.0. The molecule has 0 fully saturated rings. The molecule has 0 aliphatic heterocycles. The molecule has 25 heavy (non-hydrogen) atoms. The van der Waals surface area contributed by atoms with Crippen LogP contribution in [0.25, 0.3) is 11.4 Å². The zero-order valence-corrected chi connectivity index (χ0v) is 14.9. The van der Waals surface area contributed by atoms with Crippen LogP contribution in [-0.4, -0.2) is 26.5 Å². The van der Waals surface area contributed by atoms with Crippen LogP contribution in [0.15, 0.2) is 53.7 Å². The molecule has 3 aromatic rings. The summed E-state index contributed by atoms with van der Waals surface area (Å²) in [4.78, 5) is 12.1. The van der Waals surface area contributed by atoms with Gasteiger partial charge >= 0.3 is 0 Å². The zero-order valence-electron chi connectivity index (χ0n) is 14.1. The second-order valence-corrected chi connectivity index (χ2v) is 6.69. The van der Waals surface area contributed by atoms with Crippen LogP contribution in [0.2, 0.25) is 0 Å². The summed E-state index contributed by atoms with van der Waals surface area (Å²) in [5.41, 5.74) is 3.93. The van der Waals surface area contributed by atoms with Crippen LogP contribution in [0.1, 0.15) is 11.1 Å². The molecule has 1 amide bonds. The first-order valence-electron chi connectivity index (χ1n) is 7.80. The lowest BCUT2D eigenvalue weighted by atomic mass is 10.1. The van der Waals surface area contributed by atoms with Crippen LogP contribution in [0.4, 0.5) is 5.69 Å². The SMILES string of the molecule is Cc1ccc(NC(=O)CSc2nnc(-c3cccc(C)c3)n2N)cc1. The highest BCUT2D eigenvalue weighted by Crippen LogP contribution is 2.22. The van der Waals surface area contributed by atoms with Gasteiger partial charge in [-0.2, -0.15) is 0 Å². The highest BCUT2D eigenvalue weighted by atomic mass is 32.2. The number of anilines is 1. The number of nitrogen functional groups attached to an aromatic ring is 1. The van der Waals surface area contributed by atoms with Gasteiger partial charge in [-0.25, -0.2) is 4.68 Å². The number of rotatable bonds is 5. The number of aromatic nitrogens is 3. The van der Waals surface area contributed by atoms with E-state index in [1.165, 1.54) is 16.4 Å². The van der Waals surface area contributed by atoms with Gasteiger partial charge in [0.05, 0.1) is 5.75 Å². The maximum absolute atomic E-state index is 12.1. The molecule has 6 nitrogen and oxygen atoms in total. The lowest BCUT2D eigenvalue weighted by Crippen LogP contribution is -2.16. The van der Waals surface area contributed by atoms with E-state index in [1.54, 1.807) is 0 Å². The molecule has 0 spiro atoms. The average Bonchev–Trinajstić information content (AvgIpc) is 2.96. The van der Waals surface area contributed by atoms with E-state index < -0.39 is 0 Å². The number of thioether (sulfide) groups is 1. The third kappa shape index (κ3) is 4.19. The fraction of sp³-hybridized carbons (Fsp3) is 0.167. The van der Waals surface area contributed by atoms with E-state index in [-0.39, 0.29) is 11.7 Å². The highest BCUT2D eigenvalue weighted by molar-refractivity contribution is 7.99. The first-order valence-corrected chi connectivity index (χ1v) is 8.78. The summed E-state index contributed by atoms with van der Waals surface area (Å²) in [7, 11) is 0. The molecule has 0 aliphatic rings. The third-order valence-corrected chi connectivity index (χ3v) is 4.55. The maximum atomic E-state index is 12.1. The van der Waals surface area contributed by atoms with E-state index in [1.807, 2.05) is 62.4 Å². The van der Waals surface area contributed by atoms with Gasteiger partial charge in [0.1, 0.15) is 0 Å². The topological polar surface area (TPSA) is 85.8 Å². The minimum absolute atomic E-state index is 0.117. The Morgan fingerprint density at radius 2 is 1.88 bits per heavy atom. The second kappa shape index (κ2) is 7.40. The van der Waals surface area contributed by atoms with E-state index in [0.29, 0.717) is 11.0 Å². The van der Waals surface area contributed by atoms with Gasteiger partial charge in [0.25, 0.3) is 0 Å². The molecule has 0 bridgehead atoms. The number of hydrogen-bond acceptors (Lipinski definition) is 5. The molecule has 1 heterocycles. The number of benzene rings is 2. The summed E-state index contributed by atoms with van der Waals surface area (Å²) in [5, 5.41) is 11.6. The van der Waals surface area contributed by atoms with Gasteiger partial charge in [0.15, 0.2) is 5.82 Å². The highest BCUT2D eigenvalue weighted by Gasteiger charge is 2.14. The van der Waals surface area contributed by atoms with Crippen molar-refractivity contribution in [2.75, 3.05) is 16.9 Å². The fourth-order valence-electron chi connectivity index (χ4n) is 2.32. The number of nitrogens with two attached hydrogens (primary N) is 1. The average molecular weight is 353 g/mol. The number of carbonyl (C=O) groups excluding carboxylic acids is 1. The number of carbonyl (C=O) groups is 1. The number of hydrogen-bond donors (Lipinski definition) is 2. The third-order valence-electron chi connectivity index (χ3n) is 3.61. The second-order valence-electron chi connectivity index (χ2n) is 5.75. The van der Waals surface area contributed by atoms with Crippen molar-refractivity contribution in [2.45, 2.75) is 19.0 Å². The number of nitrogens with one attached hydrogen (secondary N) is 1. The summed E-state index contributed by atoms with van der Waals surface area (Å²) in [6.07, 6.45) is 0. The zero-order chi connectivity index (χ0) is 17.8. The Bertz CT molecular complexity index is 889. The van der Waals surface area contributed by atoms with Crippen LogP contribution in [0, 0.1) is 13.8 Å². The van der Waals surface area contributed by atoms with Gasteiger partial charge < -0.3 is 11.2 Å². The summed E-state index contributed by atoms with van der Waals surface area (Å²) < 4.78 is 1.42. The van der Waals surface area contributed by atoms with Crippen molar-refractivity contribution >= 4 is 23.4 Å². The fourth-order valence-corrected chi connectivity index (χ4v) is 2.98. The molecule has 1 aromatic heterocycles. The molecule has 0 saturated heterocycles. The number of nitrogens with zero attached hydrogens (tertiary/aromatic N) is 3. The summed E-state index contributed by atoms with van der Waals surface area (Å²) in [6.45, 7) is 4.01. The summed E-state index contributed by atoms with van der Waals surface area (Å²) in [5.74, 6) is 6.74. The molecule has 128 valence electrons. The number of amides is 1. The van der Waals surface area contributed by atoms with Crippen molar-refractivity contribution in [1.82, 2.24) is 14.9 Å². The smallest absolute Gasteiger partial charge is 0.234 e. The largest absolute Gasteiger partial charge is 0.335 e. The molecule has 7 heteroatoms. The Labute approximate surface area is 150 Å². The van der Waals surface area contributed by atoms with Crippen molar-refractivity contribution in [2.24, 2.45) is 0 Å². The van der Waals surface area contributed by atoms with Crippen LogP contribution in [-0.2, 0) is 4.79 Å². The van der Waals surface area contributed by atoms with E-state index in [4.69, 9.17) is 5.84 Å². The minimum Gasteiger partial charge on any atom is -0.335 e. The predicted octanol–water partition coefficient (Wildman–Crippen LogP) is 3.01. The molecular weight excluding hydrogens is 334 g/mol. The first kappa shape index (κ1) is 17.0. The summed E-state index contributed by atoms with van der Waals surface area (Å²) >= 11 is 1.25. The lowest BCUT2D eigenvalue weighted by molar-refractivity contribution is -0.113. The predicted molar refractivity (Wildman–Crippen MR) is 101 cm³/mol. The van der Waals surface area contributed by atoms with Crippen molar-refractivity contribution in [3.63, 3.8) is 0 Å². The molecule has 0 unspecified atom stereocenters. The molecule has 0 radical (unpaired) electrons. The van der Waals surface area contributed by atoms with Gasteiger partial charge in [0, 0.05) is 11.3 Å². The van der Waals surface area contributed by atoms with E-state index in [0.717, 1.165) is 22.4 Å². The monoisotopic (exact) mass is 353 g/mol. The molecule has 0 atom stereocenters. The van der Waals surface area contributed by atoms with Crippen LogP contribution in [0.3, 0.4) is 0 Å². The Balaban J connectivity index is 1.64. The van der Waals surface area contributed by atoms with Gasteiger partial charge in [0.2, 0.25) is 11.1 Å². The van der Waals surface area contributed by atoms with Crippen molar-refractivity contribution in [1.29, 1.82) is 0 Å². The van der Waals surface area contributed by atoms with Crippen molar-refractivity contribution in [3.8, 4) is 11.4 Å². The molecule has 3 rings (SSSR count). The standard InChI is InChI=1S/C18H19N5OS/c1-12-6-8-15(9-7-12)20-16(24)11-25-18-22-21-17(23(18)19)14-5-3-4-13(2)10-14/h3-10H,11,19H2,1-2H3,(H,20,24). The Morgan fingerprint density at radius 1 is 1.12 bits per heavy atom. The van der Waals surface area contributed by atoms with Crippen LogP contribution >= 0.6 is 11.8 Å². The lowest BCUT2D eigenvalue weighted by Gasteiger charge is -2.06. The Kier molecular flexibility index (Phi) is 5.04. The van der Waals surface area contributed by atoms with Gasteiger partial charge in [-0.1, -0.05) is 53.2 Å². The van der Waals surface area contributed by atoms with Gasteiger partial charge in [-0.3, -0.25) is 4.79 Å². The van der Waals surface area contributed by atoms with Crippen LogP contribution < -0.4 is 11.2 Å². The molecular formula is C18H19N5OS. The maximum Gasteiger partial charge on any atom is 0.234 e.